The molecule has 0 saturated carbocycles. The van der Waals surface area contributed by atoms with Gasteiger partial charge in [0.25, 0.3) is 0 Å². The van der Waals surface area contributed by atoms with Gasteiger partial charge in [0.05, 0.1) is 0 Å². The summed E-state index contributed by atoms with van der Waals surface area (Å²) in [7, 11) is -1.41. The minimum absolute atomic E-state index is 0.489. The molecule has 0 atom stereocenters. The molecule has 0 aromatic carbocycles. The SMILES string of the molecule is CCCn1ncc(B(O)O)c1C. The molecule has 1 rings (SSSR count). The van der Waals surface area contributed by atoms with E-state index in [1.54, 1.807) is 4.68 Å². The Balaban J connectivity index is 2.88. The van der Waals surface area contributed by atoms with Gasteiger partial charge in [0.15, 0.2) is 0 Å². The van der Waals surface area contributed by atoms with Gasteiger partial charge >= 0.3 is 7.12 Å². The lowest BCUT2D eigenvalue weighted by molar-refractivity contribution is 0.425. The van der Waals surface area contributed by atoms with Crippen LogP contribution in [0.4, 0.5) is 0 Å². The summed E-state index contributed by atoms with van der Waals surface area (Å²) >= 11 is 0. The van der Waals surface area contributed by atoms with Crippen molar-refractivity contribution in [1.82, 2.24) is 9.78 Å². The van der Waals surface area contributed by atoms with Crippen LogP contribution < -0.4 is 5.46 Å². The average molecular weight is 168 g/mol. The molecule has 0 aliphatic carbocycles. The van der Waals surface area contributed by atoms with Gasteiger partial charge in [-0.25, -0.2) is 0 Å². The molecule has 0 saturated heterocycles. The van der Waals surface area contributed by atoms with E-state index in [0.717, 1.165) is 18.7 Å². The highest BCUT2D eigenvalue weighted by Crippen LogP contribution is 1.95. The van der Waals surface area contributed by atoms with E-state index in [1.807, 2.05) is 6.92 Å². The Labute approximate surface area is 72.0 Å². The molecule has 0 radical (unpaired) electrons. The summed E-state index contributed by atoms with van der Waals surface area (Å²) in [5, 5.41) is 21.8. The molecule has 1 aromatic rings. The second-order valence-corrected chi connectivity index (χ2v) is 2.78. The summed E-state index contributed by atoms with van der Waals surface area (Å²) in [5.41, 5.74) is 1.32. The van der Waals surface area contributed by atoms with E-state index in [1.165, 1.54) is 6.20 Å². The maximum atomic E-state index is 8.89. The summed E-state index contributed by atoms with van der Waals surface area (Å²) in [4.78, 5) is 0. The molecule has 1 heterocycles. The molecule has 0 aliphatic heterocycles. The van der Waals surface area contributed by atoms with Gasteiger partial charge < -0.3 is 10.0 Å². The Morgan fingerprint density at radius 2 is 2.25 bits per heavy atom. The first-order valence-corrected chi connectivity index (χ1v) is 4.05. The molecule has 1 aromatic heterocycles. The highest BCUT2D eigenvalue weighted by atomic mass is 16.4. The highest BCUT2D eigenvalue weighted by molar-refractivity contribution is 6.59. The number of aryl methyl sites for hydroxylation is 1. The van der Waals surface area contributed by atoms with Crippen LogP contribution in [-0.4, -0.2) is 26.9 Å². The van der Waals surface area contributed by atoms with Gasteiger partial charge in [0, 0.05) is 23.9 Å². The third-order valence-corrected chi connectivity index (χ3v) is 1.85. The molecule has 0 aliphatic rings. The van der Waals surface area contributed by atoms with Crippen LogP contribution in [0.25, 0.3) is 0 Å². The monoisotopic (exact) mass is 168 g/mol. The third kappa shape index (κ3) is 1.68. The van der Waals surface area contributed by atoms with Crippen molar-refractivity contribution in [3.05, 3.63) is 11.9 Å². The van der Waals surface area contributed by atoms with E-state index in [0.29, 0.717) is 5.46 Å². The maximum absolute atomic E-state index is 8.89. The second-order valence-electron chi connectivity index (χ2n) is 2.78. The predicted octanol–water partition coefficient (Wildman–Crippen LogP) is -0.719. The van der Waals surface area contributed by atoms with E-state index in [4.69, 9.17) is 10.0 Å². The summed E-state index contributed by atoms with van der Waals surface area (Å²) in [6.45, 7) is 4.70. The van der Waals surface area contributed by atoms with Crippen LogP contribution >= 0.6 is 0 Å². The van der Waals surface area contributed by atoms with Crippen molar-refractivity contribution in [3.63, 3.8) is 0 Å². The molecule has 0 bridgehead atoms. The standard InChI is InChI=1S/C7H13BN2O2/c1-3-4-10-6(2)7(5-9-10)8(11)12/h5,11-12H,3-4H2,1-2H3. The average Bonchev–Trinajstić information content (AvgIpc) is 2.34. The van der Waals surface area contributed by atoms with E-state index in [9.17, 15) is 0 Å². The Kier molecular flexibility index (Phi) is 2.89. The smallest absolute Gasteiger partial charge is 0.423 e. The molecule has 0 spiro atoms. The van der Waals surface area contributed by atoms with Crippen molar-refractivity contribution in [3.8, 4) is 0 Å². The zero-order valence-electron chi connectivity index (χ0n) is 7.36. The van der Waals surface area contributed by atoms with Crippen LogP contribution in [-0.2, 0) is 6.54 Å². The minimum Gasteiger partial charge on any atom is -0.423 e. The van der Waals surface area contributed by atoms with Gasteiger partial charge in [-0.1, -0.05) is 6.92 Å². The lowest BCUT2D eigenvalue weighted by atomic mass is 9.81. The van der Waals surface area contributed by atoms with Crippen LogP contribution in [0.1, 0.15) is 19.0 Å². The Hall–Kier alpha value is -0.805. The lowest BCUT2D eigenvalue weighted by Gasteiger charge is -2.02. The molecular formula is C7H13BN2O2. The predicted molar refractivity (Wildman–Crippen MR) is 47.1 cm³/mol. The zero-order chi connectivity index (χ0) is 9.14. The van der Waals surface area contributed by atoms with E-state index >= 15 is 0 Å². The van der Waals surface area contributed by atoms with Gasteiger partial charge in [-0.15, -0.1) is 0 Å². The van der Waals surface area contributed by atoms with Crippen LogP contribution in [0.2, 0.25) is 0 Å². The summed E-state index contributed by atoms with van der Waals surface area (Å²) in [6, 6.07) is 0. The number of rotatable bonds is 3. The molecule has 5 heteroatoms. The molecule has 2 N–H and O–H groups in total. The van der Waals surface area contributed by atoms with Gasteiger partial charge in [0.2, 0.25) is 0 Å². The van der Waals surface area contributed by atoms with Crippen LogP contribution in [0.15, 0.2) is 6.20 Å². The molecular weight excluding hydrogens is 155 g/mol. The highest BCUT2D eigenvalue weighted by Gasteiger charge is 2.17. The number of nitrogens with zero attached hydrogens (tertiary/aromatic N) is 2. The van der Waals surface area contributed by atoms with E-state index < -0.39 is 7.12 Å². The fraction of sp³-hybridized carbons (Fsp3) is 0.571. The van der Waals surface area contributed by atoms with Gasteiger partial charge in [-0.3, -0.25) is 4.68 Å². The first kappa shape index (κ1) is 9.28. The van der Waals surface area contributed by atoms with Crippen LogP contribution in [0, 0.1) is 6.92 Å². The molecule has 66 valence electrons. The van der Waals surface area contributed by atoms with Gasteiger partial charge in [-0.05, 0) is 13.3 Å². The van der Waals surface area contributed by atoms with Crippen LogP contribution in [0.5, 0.6) is 0 Å². The van der Waals surface area contributed by atoms with E-state index in [-0.39, 0.29) is 0 Å². The minimum atomic E-state index is -1.41. The fourth-order valence-corrected chi connectivity index (χ4v) is 1.15. The third-order valence-electron chi connectivity index (χ3n) is 1.85. The van der Waals surface area contributed by atoms with Gasteiger partial charge in [-0.2, -0.15) is 5.10 Å². The first-order valence-electron chi connectivity index (χ1n) is 4.05. The summed E-state index contributed by atoms with van der Waals surface area (Å²) in [6.07, 6.45) is 2.49. The van der Waals surface area contributed by atoms with Crippen molar-refractivity contribution in [2.24, 2.45) is 0 Å². The Bertz CT molecular complexity index is 260. The molecule has 0 fully saturated rings. The normalized spacial score (nSPS) is 10.3. The van der Waals surface area contributed by atoms with Crippen molar-refractivity contribution in [2.75, 3.05) is 0 Å². The Morgan fingerprint density at radius 3 is 2.67 bits per heavy atom. The van der Waals surface area contributed by atoms with E-state index in [2.05, 4.69) is 12.0 Å². The number of hydrogen-bond donors (Lipinski definition) is 2. The van der Waals surface area contributed by atoms with Crippen molar-refractivity contribution in [2.45, 2.75) is 26.8 Å². The summed E-state index contributed by atoms with van der Waals surface area (Å²) in [5.74, 6) is 0. The molecule has 4 nitrogen and oxygen atoms in total. The second kappa shape index (κ2) is 3.73. The fourth-order valence-electron chi connectivity index (χ4n) is 1.15. The number of aromatic nitrogens is 2. The maximum Gasteiger partial charge on any atom is 0.491 e. The number of hydrogen-bond acceptors (Lipinski definition) is 3. The quantitative estimate of drug-likeness (QED) is 0.585. The van der Waals surface area contributed by atoms with Crippen molar-refractivity contribution in [1.29, 1.82) is 0 Å². The topological polar surface area (TPSA) is 58.3 Å². The molecule has 12 heavy (non-hydrogen) atoms. The zero-order valence-corrected chi connectivity index (χ0v) is 7.36. The van der Waals surface area contributed by atoms with Crippen LogP contribution in [0.3, 0.4) is 0 Å². The van der Waals surface area contributed by atoms with Gasteiger partial charge in [0.1, 0.15) is 0 Å². The summed E-state index contributed by atoms with van der Waals surface area (Å²) < 4.78 is 1.77. The largest absolute Gasteiger partial charge is 0.491 e. The van der Waals surface area contributed by atoms with Crippen molar-refractivity contribution >= 4 is 12.6 Å². The molecule has 0 unspecified atom stereocenters. The Morgan fingerprint density at radius 1 is 1.58 bits per heavy atom. The lowest BCUT2D eigenvalue weighted by Crippen LogP contribution is -2.31. The molecule has 0 amide bonds. The van der Waals surface area contributed by atoms with Crippen molar-refractivity contribution < 1.29 is 10.0 Å². The first-order chi connectivity index (χ1) is 5.66.